The molecule has 0 amide bonds. The van der Waals surface area contributed by atoms with E-state index in [9.17, 15) is 0 Å². The van der Waals surface area contributed by atoms with Crippen molar-refractivity contribution in [2.24, 2.45) is 5.73 Å². The number of rotatable bonds is 3. The van der Waals surface area contributed by atoms with Gasteiger partial charge in [0.15, 0.2) is 0 Å². The molecule has 1 heterocycles. The molecule has 2 N–H and O–H groups in total. The Morgan fingerprint density at radius 3 is 2.59 bits per heavy atom. The molecule has 0 bridgehead atoms. The summed E-state index contributed by atoms with van der Waals surface area (Å²) in [5.74, 6) is 0.934. The zero-order valence-electron chi connectivity index (χ0n) is 10.4. The van der Waals surface area contributed by atoms with Crippen molar-refractivity contribution >= 4 is 11.3 Å². The lowest BCUT2D eigenvalue weighted by Gasteiger charge is -2.11. The quantitative estimate of drug-likeness (QED) is 0.901. The summed E-state index contributed by atoms with van der Waals surface area (Å²) >= 11 is 1.70. The van der Waals surface area contributed by atoms with Crippen molar-refractivity contribution < 1.29 is 4.74 Å². The molecule has 0 unspecified atom stereocenters. The topological polar surface area (TPSA) is 35.2 Å². The lowest BCUT2D eigenvalue weighted by atomic mass is 9.99. The third kappa shape index (κ3) is 2.35. The van der Waals surface area contributed by atoms with Crippen LogP contribution in [0.5, 0.6) is 5.75 Å². The largest absolute Gasteiger partial charge is 0.496 e. The van der Waals surface area contributed by atoms with Crippen LogP contribution in [0, 0.1) is 13.8 Å². The maximum Gasteiger partial charge on any atom is 0.127 e. The first-order valence-electron chi connectivity index (χ1n) is 5.58. The molecule has 1 aromatic carbocycles. The molecule has 17 heavy (non-hydrogen) atoms. The Bertz CT molecular complexity index is 531. The Kier molecular flexibility index (Phi) is 3.50. The smallest absolute Gasteiger partial charge is 0.127 e. The Hall–Kier alpha value is -1.32. The molecule has 0 fully saturated rings. The van der Waals surface area contributed by atoms with Gasteiger partial charge in [-0.1, -0.05) is 6.07 Å². The Morgan fingerprint density at radius 1 is 1.24 bits per heavy atom. The van der Waals surface area contributed by atoms with E-state index in [0.29, 0.717) is 6.54 Å². The number of ether oxygens (including phenoxy) is 1. The van der Waals surface area contributed by atoms with Crippen LogP contribution >= 0.6 is 11.3 Å². The molecule has 0 aliphatic carbocycles. The zero-order chi connectivity index (χ0) is 12.4. The SMILES string of the molecule is COc1cc(C)cc(C)c1-c1csc(CN)c1. The number of hydrogen-bond donors (Lipinski definition) is 1. The number of aryl methyl sites for hydroxylation is 2. The predicted octanol–water partition coefficient (Wildman–Crippen LogP) is 3.50. The van der Waals surface area contributed by atoms with Crippen molar-refractivity contribution in [1.29, 1.82) is 0 Å². The number of nitrogens with two attached hydrogens (primary N) is 1. The molecule has 1 aromatic heterocycles. The molecule has 0 saturated heterocycles. The first kappa shape index (κ1) is 12.1. The summed E-state index contributed by atoms with van der Waals surface area (Å²) in [7, 11) is 1.72. The molecule has 3 heteroatoms. The molecular formula is C14H17NOS. The van der Waals surface area contributed by atoms with Crippen LogP contribution in [0.15, 0.2) is 23.6 Å². The predicted molar refractivity (Wildman–Crippen MR) is 73.7 cm³/mol. The minimum absolute atomic E-state index is 0.595. The van der Waals surface area contributed by atoms with Gasteiger partial charge in [0.1, 0.15) is 5.75 Å². The molecule has 2 aromatic rings. The fraction of sp³-hybridized carbons (Fsp3) is 0.286. The lowest BCUT2D eigenvalue weighted by molar-refractivity contribution is 0.416. The fourth-order valence-corrected chi connectivity index (χ4v) is 2.83. The van der Waals surface area contributed by atoms with E-state index in [-0.39, 0.29) is 0 Å². The van der Waals surface area contributed by atoms with Gasteiger partial charge in [-0.15, -0.1) is 11.3 Å². The molecule has 0 atom stereocenters. The molecule has 0 aliphatic heterocycles. The highest BCUT2D eigenvalue weighted by atomic mass is 32.1. The normalized spacial score (nSPS) is 10.6. The van der Waals surface area contributed by atoms with Crippen LogP contribution in [0.2, 0.25) is 0 Å². The lowest BCUT2D eigenvalue weighted by Crippen LogP contribution is -1.93. The van der Waals surface area contributed by atoms with E-state index in [1.54, 1.807) is 18.4 Å². The van der Waals surface area contributed by atoms with Gasteiger partial charge in [0, 0.05) is 17.0 Å². The van der Waals surface area contributed by atoms with Crippen LogP contribution in [0.1, 0.15) is 16.0 Å². The van der Waals surface area contributed by atoms with E-state index in [4.69, 9.17) is 10.5 Å². The minimum Gasteiger partial charge on any atom is -0.496 e. The van der Waals surface area contributed by atoms with E-state index in [1.165, 1.54) is 27.1 Å². The summed E-state index contributed by atoms with van der Waals surface area (Å²) < 4.78 is 5.48. The van der Waals surface area contributed by atoms with E-state index in [0.717, 1.165) is 5.75 Å². The van der Waals surface area contributed by atoms with E-state index < -0.39 is 0 Å². The second kappa shape index (κ2) is 4.90. The van der Waals surface area contributed by atoms with Crippen LogP contribution in [0.4, 0.5) is 0 Å². The Balaban J connectivity index is 2.57. The van der Waals surface area contributed by atoms with Gasteiger partial charge in [-0.05, 0) is 48.1 Å². The maximum atomic E-state index is 5.65. The highest BCUT2D eigenvalue weighted by molar-refractivity contribution is 7.10. The van der Waals surface area contributed by atoms with Crippen molar-refractivity contribution in [1.82, 2.24) is 0 Å². The Labute approximate surface area is 106 Å². The zero-order valence-corrected chi connectivity index (χ0v) is 11.2. The van der Waals surface area contributed by atoms with Crippen molar-refractivity contribution in [2.75, 3.05) is 7.11 Å². The van der Waals surface area contributed by atoms with Crippen molar-refractivity contribution in [3.63, 3.8) is 0 Å². The summed E-state index contributed by atoms with van der Waals surface area (Å²) in [4.78, 5) is 1.20. The van der Waals surface area contributed by atoms with E-state index in [1.807, 2.05) is 0 Å². The van der Waals surface area contributed by atoms with Gasteiger partial charge in [-0.2, -0.15) is 0 Å². The van der Waals surface area contributed by atoms with Crippen LogP contribution in [0.3, 0.4) is 0 Å². The second-order valence-electron chi connectivity index (χ2n) is 4.16. The van der Waals surface area contributed by atoms with Gasteiger partial charge >= 0.3 is 0 Å². The summed E-state index contributed by atoms with van der Waals surface area (Å²) in [6, 6.07) is 6.39. The van der Waals surface area contributed by atoms with Gasteiger partial charge in [0.05, 0.1) is 7.11 Å². The van der Waals surface area contributed by atoms with E-state index in [2.05, 4.69) is 37.4 Å². The van der Waals surface area contributed by atoms with Crippen LogP contribution in [-0.4, -0.2) is 7.11 Å². The molecule has 90 valence electrons. The van der Waals surface area contributed by atoms with Crippen LogP contribution in [0.25, 0.3) is 11.1 Å². The standard InChI is InChI=1S/C14H17NOS/c1-9-4-10(2)14(13(5-9)16-3)11-6-12(7-15)17-8-11/h4-6,8H,7,15H2,1-3H3. The number of benzene rings is 1. The third-order valence-corrected chi connectivity index (χ3v) is 3.77. The first-order chi connectivity index (χ1) is 8.15. The fourth-order valence-electron chi connectivity index (χ4n) is 2.08. The molecule has 0 radical (unpaired) electrons. The van der Waals surface area contributed by atoms with Crippen molar-refractivity contribution in [2.45, 2.75) is 20.4 Å². The van der Waals surface area contributed by atoms with Gasteiger partial charge in [-0.3, -0.25) is 0 Å². The molecule has 0 aliphatic rings. The molecule has 2 nitrogen and oxygen atoms in total. The second-order valence-corrected chi connectivity index (χ2v) is 5.16. The Morgan fingerprint density at radius 2 is 2.00 bits per heavy atom. The average molecular weight is 247 g/mol. The van der Waals surface area contributed by atoms with Gasteiger partial charge in [-0.25, -0.2) is 0 Å². The van der Waals surface area contributed by atoms with Gasteiger partial charge < -0.3 is 10.5 Å². The monoisotopic (exact) mass is 247 g/mol. The van der Waals surface area contributed by atoms with Crippen molar-refractivity contribution in [3.8, 4) is 16.9 Å². The van der Waals surface area contributed by atoms with Gasteiger partial charge in [0.2, 0.25) is 0 Å². The van der Waals surface area contributed by atoms with E-state index >= 15 is 0 Å². The first-order valence-corrected chi connectivity index (χ1v) is 6.46. The summed E-state index contributed by atoms with van der Waals surface area (Å²) in [6.45, 7) is 4.79. The average Bonchev–Trinajstić information content (AvgIpc) is 2.76. The van der Waals surface area contributed by atoms with Gasteiger partial charge in [0.25, 0.3) is 0 Å². The number of methoxy groups -OCH3 is 1. The summed E-state index contributed by atoms with van der Waals surface area (Å²) in [5.41, 5.74) is 10.5. The molecule has 0 saturated carbocycles. The van der Waals surface area contributed by atoms with Crippen molar-refractivity contribution in [3.05, 3.63) is 39.6 Å². The molecule has 0 spiro atoms. The minimum atomic E-state index is 0.595. The number of thiophene rings is 1. The van der Waals surface area contributed by atoms with Crippen LogP contribution < -0.4 is 10.5 Å². The number of hydrogen-bond acceptors (Lipinski definition) is 3. The maximum absolute atomic E-state index is 5.65. The molecule has 2 rings (SSSR count). The summed E-state index contributed by atoms with van der Waals surface area (Å²) in [6.07, 6.45) is 0. The molecular weight excluding hydrogens is 230 g/mol. The summed E-state index contributed by atoms with van der Waals surface area (Å²) in [5, 5.41) is 2.14. The third-order valence-electron chi connectivity index (χ3n) is 2.81. The highest BCUT2D eigenvalue weighted by Crippen LogP contribution is 2.36. The van der Waals surface area contributed by atoms with Crippen LogP contribution in [-0.2, 0) is 6.54 Å². The highest BCUT2D eigenvalue weighted by Gasteiger charge is 2.11.